The fourth-order valence-electron chi connectivity index (χ4n) is 4.63. The summed E-state index contributed by atoms with van der Waals surface area (Å²) in [5, 5.41) is 14.9. The molecule has 2 aromatic rings. The average molecular weight is 475 g/mol. The van der Waals surface area contributed by atoms with Gasteiger partial charge in [-0.25, -0.2) is 0 Å². The summed E-state index contributed by atoms with van der Waals surface area (Å²) in [4.78, 5) is 12.8. The van der Waals surface area contributed by atoms with Crippen LogP contribution in [-0.2, 0) is 17.9 Å². The monoisotopic (exact) mass is 475 g/mol. The summed E-state index contributed by atoms with van der Waals surface area (Å²) in [7, 11) is 1.87. The highest BCUT2D eigenvalue weighted by atomic mass is 16.4. The first-order valence-corrected chi connectivity index (χ1v) is 12.9. The van der Waals surface area contributed by atoms with Gasteiger partial charge in [0.05, 0.1) is 5.92 Å². The van der Waals surface area contributed by atoms with Crippen LogP contribution in [-0.4, -0.2) is 54.2 Å². The van der Waals surface area contributed by atoms with Crippen LogP contribution in [0.2, 0.25) is 0 Å². The molecule has 5 nitrogen and oxygen atoms in total. The standard InChI is InChI=1S/C22H27BN2.C7H15NO2/c1-17-7-4-9-19(13-17)15-25(16-20-10-5-8-18(2)14-20)12-6-11-23-21-22(23,3)24-21;1-6(7(9)10)4-3-5-8-2/h4-11,13-14,21,24H,12,15-16H2,1-3H3;6,8H,3-5H2,1-2H3,(H,9,10)/b11-6+;. The molecule has 3 atom stereocenters. The molecule has 3 unspecified atom stereocenters. The lowest BCUT2D eigenvalue weighted by Crippen LogP contribution is -2.26. The van der Waals surface area contributed by atoms with Gasteiger partial charge in [0.1, 0.15) is 0 Å². The van der Waals surface area contributed by atoms with E-state index in [1.165, 1.54) is 22.3 Å². The van der Waals surface area contributed by atoms with Gasteiger partial charge in [0.2, 0.25) is 6.71 Å². The topological polar surface area (TPSA) is 74.5 Å². The van der Waals surface area contributed by atoms with Crippen molar-refractivity contribution >= 4 is 12.7 Å². The molecule has 0 spiro atoms. The molecule has 6 heteroatoms. The van der Waals surface area contributed by atoms with Gasteiger partial charge in [-0.15, -0.1) is 5.98 Å². The molecular weight excluding hydrogens is 433 g/mol. The van der Waals surface area contributed by atoms with Crippen molar-refractivity contribution in [3.63, 3.8) is 0 Å². The molecule has 2 aliphatic rings. The molecule has 0 saturated carbocycles. The van der Waals surface area contributed by atoms with Crippen LogP contribution in [0, 0.1) is 19.8 Å². The molecule has 0 bridgehead atoms. The van der Waals surface area contributed by atoms with Crippen molar-refractivity contribution in [2.24, 2.45) is 5.92 Å². The van der Waals surface area contributed by atoms with Crippen molar-refractivity contribution in [1.82, 2.24) is 15.5 Å². The zero-order valence-corrected chi connectivity index (χ0v) is 22.1. The molecule has 35 heavy (non-hydrogen) atoms. The Balaban J connectivity index is 0.000000292. The maximum Gasteiger partial charge on any atom is 0.306 e. The molecule has 2 fully saturated rings. The van der Waals surface area contributed by atoms with Crippen molar-refractivity contribution in [2.45, 2.75) is 65.0 Å². The smallest absolute Gasteiger partial charge is 0.306 e. The van der Waals surface area contributed by atoms with E-state index in [0.29, 0.717) is 5.44 Å². The Morgan fingerprint density at radius 1 is 1.17 bits per heavy atom. The van der Waals surface area contributed by atoms with Crippen LogP contribution in [0.3, 0.4) is 0 Å². The molecule has 188 valence electrons. The summed E-state index contributed by atoms with van der Waals surface area (Å²) < 4.78 is 0. The van der Waals surface area contributed by atoms with Crippen molar-refractivity contribution in [3.05, 3.63) is 82.8 Å². The van der Waals surface area contributed by atoms with Gasteiger partial charge >= 0.3 is 5.97 Å². The second-order valence-corrected chi connectivity index (χ2v) is 10.5. The van der Waals surface area contributed by atoms with E-state index in [1.54, 1.807) is 6.92 Å². The lowest BCUT2D eigenvalue weighted by atomic mass is 9.61. The molecule has 4 rings (SSSR count). The van der Waals surface area contributed by atoms with E-state index in [0.717, 1.165) is 51.7 Å². The zero-order chi connectivity index (χ0) is 25.4. The Bertz CT molecular complexity index is 963. The summed E-state index contributed by atoms with van der Waals surface area (Å²) in [6.07, 6.45) is 4.06. The minimum absolute atomic E-state index is 0.201. The van der Waals surface area contributed by atoms with Crippen LogP contribution in [0.25, 0.3) is 0 Å². The summed E-state index contributed by atoms with van der Waals surface area (Å²) in [6.45, 7) is 13.0. The van der Waals surface area contributed by atoms with Gasteiger partial charge in [0, 0.05) is 31.0 Å². The Morgan fingerprint density at radius 3 is 2.17 bits per heavy atom. The number of hydrogen-bond donors (Lipinski definition) is 3. The van der Waals surface area contributed by atoms with Crippen LogP contribution < -0.4 is 10.6 Å². The number of carboxylic acids is 1. The number of rotatable bonds is 12. The van der Waals surface area contributed by atoms with Gasteiger partial charge in [-0.1, -0.05) is 79.6 Å². The highest BCUT2D eigenvalue weighted by Crippen LogP contribution is 2.49. The summed E-state index contributed by atoms with van der Waals surface area (Å²) in [5.41, 5.74) is 5.89. The third-order valence-corrected chi connectivity index (χ3v) is 7.14. The van der Waals surface area contributed by atoms with Crippen molar-refractivity contribution in [1.29, 1.82) is 0 Å². The number of nitrogens with zero attached hydrogens (tertiary/aromatic N) is 1. The number of benzene rings is 2. The Hall–Kier alpha value is -2.41. The first-order chi connectivity index (χ1) is 16.7. The van der Waals surface area contributed by atoms with E-state index < -0.39 is 5.97 Å². The predicted octanol–water partition coefficient (Wildman–Crippen LogP) is 4.43. The first-order valence-electron chi connectivity index (χ1n) is 12.9. The maximum absolute atomic E-state index is 10.3. The van der Waals surface area contributed by atoms with Crippen molar-refractivity contribution in [3.8, 4) is 0 Å². The van der Waals surface area contributed by atoms with Gasteiger partial charge < -0.3 is 15.7 Å². The fourth-order valence-corrected chi connectivity index (χ4v) is 4.63. The molecule has 0 aliphatic carbocycles. The number of carbonyl (C=O) groups is 1. The number of aryl methyl sites for hydroxylation is 2. The largest absolute Gasteiger partial charge is 0.481 e. The minimum atomic E-state index is -0.698. The van der Waals surface area contributed by atoms with E-state index in [9.17, 15) is 4.79 Å². The van der Waals surface area contributed by atoms with Gasteiger partial charge in [-0.3, -0.25) is 9.69 Å². The number of hydrogen-bond acceptors (Lipinski definition) is 4. The first kappa shape index (κ1) is 27.2. The molecule has 2 heterocycles. The third kappa shape index (κ3) is 8.34. The quantitative estimate of drug-likeness (QED) is 0.241. The van der Waals surface area contributed by atoms with Gasteiger partial charge in [-0.05, 0) is 51.4 Å². The SMILES string of the molecule is CNCCCC(C)C(=O)O.Cc1cccc(CN(C/C=C/B2C3NC23C)Cc2cccc(C)c2)c1. The molecule has 0 amide bonds. The Labute approximate surface area is 212 Å². The van der Waals surface area contributed by atoms with Crippen LogP contribution in [0.15, 0.2) is 60.6 Å². The van der Waals surface area contributed by atoms with Gasteiger partial charge in [0.15, 0.2) is 0 Å². The highest BCUT2D eigenvalue weighted by Gasteiger charge is 2.76. The maximum atomic E-state index is 10.3. The van der Waals surface area contributed by atoms with E-state index in [2.05, 4.69) is 96.9 Å². The van der Waals surface area contributed by atoms with Crippen molar-refractivity contribution in [2.75, 3.05) is 20.1 Å². The van der Waals surface area contributed by atoms with E-state index in [-0.39, 0.29) is 5.92 Å². The minimum Gasteiger partial charge on any atom is -0.481 e. The van der Waals surface area contributed by atoms with E-state index >= 15 is 0 Å². The lowest BCUT2D eigenvalue weighted by Gasteiger charge is -2.21. The second kappa shape index (κ2) is 12.5. The van der Waals surface area contributed by atoms with Crippen LogP contribution >= 0.6 is 0 Å². The molecule has 2 saturated heterocycles. The molecule has 3 N–H and O–H groups in total. The van der Waals surface area contributed by atoms with Gasteiger partial charge in [-0.2, -0.15) is 0 Å². The van der Waals surface area contributed by atoms with Crippen molar-refractivity contribution < 1.29 is 9.90 Å². The number of nitrogens with one attached hydrogen (secondary N) is 2. The Morgan fingerprint density at radius 2 is 1.74 bits per heavy atom. The third-order valence-electron chi connectivity index (χ3n) is 7.14. The fraction of sp³-hybridized carbons (Fsp3) is 0.483. The second-order valence-electron chi connectivity index (χ2n) is 10.5. The average Bonchev–Trinajstić information content (AvgIpc) is 3.65. The van der Waals surface area contributed by atoms with Crippen LogP contribution in [0.4, 0.5) is 0 Å². The van der Waals surface area contributed by atoms with E-state index in [4.69, 9.17) is 5.11 Å². The van der Waals surface area contributed by atoms with Crippen LogP contribution in [0.1, 0.15) is 48.9 Å². The number of fused-ring (bicyclic) bond motifs is 1. The molecule has 0 radical (unpaired) electrons. The molecule has 2 aliphatic heterocycles. The van der Waals surface area contributed by atoms with E-state index in [1.807, 2.05) is 7.05 Å². The number of aliphatic carboxylic acids is 1. The molecular formula is C29H42BN3O2. The predicted molar refractivity (Wildman–Crippen MR) is 147 cm³/mol. The summed E-state index contributed by atoms with van der Waals surface area (Å²) in [5.74, 6) is 2.27. The normalized spacial score (nSPS) is 20.9. The highest BCUT2D eigenvalue weighted by molar-refractivity contribution is 6.85. The summed E-state index contributed by atoms with van der Waals surface area (Å²) >= 11 is 0. The molecule has 2 aromatic carbocycles. The summed E-state index contributed by atoms with van der Waals surface area (Å²) in [6, 6.07) is 17.7. The number of carboxylic acid groups (broad SMARTS) is 1. The zero-order valence-electron chi connectivity index (χ0n) is 22.1. The Kier molecular flexibility index (Phi) is 9.73. The van der Waals surface area contributed by atoms with Crippen LogP contribution in [0.5, 0.6) is 0 Å². The lowest BCUT2D eigenvalue weighted by molar-refractivity contribution is -0.141. The van der Waals surface area contributed by atoms with Gasteiger partial charge in [0.25, 0.3) is 0 Å². The molecule has 0 aromatic heterocycles.